The molecule has 2 heterocycles. The molecule has 1 aromatic carbocycles. The lowest BCUT2D eigenvalue weighted by atomic mass is 10.0. The molecule has 3 aromatic rings. The number of amides is 1. The summed E-state index contributed by atoms with van der Waals surface area (Å²) >= 11 is 1.52. The quantitative estimate of drug-likeness (QED) is 0.763. The minimum absolute atomic E-state index is 0.157. The minimum atomic E-state index is -0.710. The molecule has 2 aromatic heterocycles. The highest BCUT2D eigenvalue weighted by atomic mass is 32.1. The number of thiophene rings is 1. The Balaban J connectivity index is 1.83. The predicted molar refractivity (Wildman–Crippen MR) is 92.0 cm³/mol. The lowest BCUT2D eigenvalue weighted by molar-refractivity contribution is 0.0890. The average molecular weight is 329 g/mol. The Kier molecular flexibility index (Phi) is 4.24. The van der Waals surface area contributed by atoms with Crippen molar-refractivity contribution < 1.29 is 14.3 Å². The molecular formula is C18H19NO3S. The van der Waals surface area contributed by atoms with Crippen LogP contribution in [-0.4, -0.2) is 17.6 Å². The van der Waals surface area contributed by atoms with Crippen molar-refractivity contribution in [3.05, 3.63) is 57.0 Å². The number of carbonyl (C=O) groups is 1. The molecule has 0 aliphatic carbocycles. The third-order valence-electron chi connectivity index (χ3n) is 4.07. The Morgan fingerprint density at radius 3 is 2.65 bits per heavy atom. The van der Waals surface area contributed by atoms with Gasteiger partial charge in [-0.2, -0.15) is 11.3 Å². The summed E-state index contributed by atoms with van der Waals surface area (Å²) in [6, 6.07) is 5.87. The van der Waals surface area contributed by atoms with Gasteiger partial charge in [0.15, 0.2) is 5.76 Å². The number of benzene rings is 1. The zero-order valence-corrected chi connectivity index (χ0v) is 14.2. The van der Waals surface area contributed by atoms with Gasteiger partial charge in [0.05, 0.1) is 6.10 Å². The van der Waals surface area contributed by atoms with Gasteiger partial charge < -0.3 is 14.8 Å². The normalized spacial score (nSPS) is 12.5. The fourth-order valence-electron chi connectivity index (χ4n) is 2.74. The third kappa shape index (κ3) is 2.90. The predicted octanol–water partition coefficient (Wildman–Crippen LogP) is 3.88. The summed E-state index contributed by atoms with van der Waals surface area (Å²) in [5.74, 6) is 0.0155. The minimum Gasteiger partial charge on any atom is -0.450 e. The smallest absolute Gasteiger partial charge is 0.287 e. The van der Waals surface area contributed by atoms with Crippen LogP contribution >= 0.6 is 11.3 Å². The molecular weight excluding hydrogens is 310 g/mol. The Hall–Kier alpha value is -2.11. The number of nitrogens with one attached hydrogen (secondary N) is 1. The lowest BCUT2D eigenvalue weighted by Gasteiger charge is -2.09. The maximum absolute atomic E-state index is 12.4. The van der Waals surface area contributed by atoms with Crippen molar-refractivity contribution in [1.29, 1.82) is 0 Å². The van der Waals surface area contributed by atoms with Gasteiger partial charge in [0.25, 0.3) is 5.91 Å². The fraction of sp³-hybridized carbons (Fsp3) is 0.278. The summed E-state index contributed by atoms with van der Waals surface area (Å²) in [6.45, 7) is 6.02. The SMILES string of the molecule is Cc1ccc(C)c2c(C)c(C(=O)NCC(O)c3ccsc3)oc12. The second-order valence-electron chi connectivity index (χ2n) is 5.74. The molecule has 0 radical (unpaired) electrons. The van der Waals surface area contributed by atoms with Crippen LogP contribution in [0.2, 0.25) is 0 Å². The lowest BCUT2D eigenvalue weighted by Crippen LogP contribution is -2.28. The van der Waals surface area contributed by atoms with Crippen LogP contribution in [0.15, 0.2) is 33.4 Å². The van der Waals surface area contributed by atoms with Crippen molar-refractivity contribution in [3.63, 3.8) is 0 Å². The van der Waals surface area contributed by atoms with E-state index in [2.05, 4.69) is 5.32 Å². The van der Waals surface area contributed by atoms with E-state index in [-0.39, 0.29) is 12.5 Å². The highest BCUT2D eigenvalue weighted by Gasteiger charge is 2.20. The molecule has 2 N–H and O–H groups in total. The summed E-state index contributed by atoms with van der Waals surface area (Å²) in [6.07, 6.45) is -0.710. The first-order chi connectivity index (χ1) is 11.0. The summed E-state index contributed by atoms with van der Waals surface area (Å²) in [4.78, 5) is 12.4. The molecule has 0 saturated heterocycles. The van der Waals surface area contributed by atoms with E-state index in [1.807, 2.05) is 49.7 Å². The first-order valence-corrected chi connectivity index (χ1v) is 8.41. The van der Waals surface area contributed by atoms with Crippen LogP contribution in [-0.2, 0) is 0 Å². The van der Waals surface area contributed by atoms with Crippen LogP contribution in [0.25, 0.3) is 11.0 Å². The largest absolute Gasteiger partial charge is 0.450 e. The second-order valence-corrected chi connectivity index (χ2v) is 6.52. The number of fused-ring (bicyclic) bond motifs is 1. The summed E-state index contributed by atoms with van der Waals surface area (Å²) in [5, 5.41) is 17.6. The van der Waals surface area contributed by atoms with Gasteiger partial charge in [-0.1, -0.05) is 12.1 Å². The van der Waals surface area contributed by atoms with Crippen molar-refractivity contribution in [2.75, 3.05) is 6.54 Å². The van der Waals surface area contributed by atoms with Crippen molar-refractivity contribution in [3.8, 4) is 0 Å². The van der Waals surface area contributed by atoms with E-state index in [0.29, 0.717) is 5.76 Å². The van der Waals surface area contributed by atoms with Gasteiger partial charge in [0.1, 0.15) is 5.58 Å². The summed E-state index contributed by atoms with van der Waals surface area (Å²) in [5.41, 5.74) is 4.49. The average Bonchev–Trinajstić information content (AvgIpc) is 3.17. The Labute approximate surface area is 138 Å². The van der Waals surface area contributed by atoms with Gasteiger partial charge in [-0.25, -0.2) is 0 Å². The number of aliphatic hydroxyl groups excluding tert-OH is 1. The molecule has 23 heavy (non-hydrogen) atoms. The second kappa shape index (κ2) is 6.18. The number of hydrogen-bond acceptors (Lipinski definition) is 4. The zero-order valence-electron chi connectivity index (χ0n) is 13.3. The Morgan fingerprint density at radius 2 is 2.00 bits per heavy atom. The van der Waals surface area contributed by atoms with Crippen LogP contribution in [0.1, 0.15) is 38.9 Å². The maximum Gasteiger partial charge on any atom is 0.287 e. The molecule has 120 valence electrons. The van der Waals surface area contributed by atoms with Crippen molar-refractivity contribution in [2.24, 2.45) is 0 Å². The van der Waals surface area contributed by atoms with E-state index < -0.39 is 6.10 Å². The van der Waals surface area contributed by atoms with Gasteiger partial charge in [0.2, 0.25) is 0 Å². The van der Waals surface area contributed by atoms with Crippen molar-refractivity contribution in [2.45, 2.75) is 26.9 Å². The van der Waals surface area contributed by atoms with E-state index in [1.54, 1.807) is 0 Å². The van der Waals surface area contributed by atoms with Gasteiger partial charge in [0, 0.05) is 17.5 Å². The third-order valence-corrected chi connectivity index (χ3v) is 4.77. The van der Waals surface area contributed by atoms with Crippen LogP contribution in [0.5, 0.6) is 0 Å². The molecule has 0 saturated carbocycles. The van der Waals surface area contributed by atoms with Crippen molar-refractivity contribution in [1.82, 2.24) is 5.32 Å². The van der Waals surface area contributed by atoms with Crippen LogP contribution in [0, 0.1) is 20.8 Å². The number of carbonyl (C=O) groups excluding carboxylic acids is 1. The van der Waals surface area contributed by atoms with Gasteiger partial charge in [-0.15, -0.1) is 0 Å². The molecule has 3 rings (SSSR count). The monoisotopic (exact) mass is 329 g/mol. The molecule has 1 amide bonds. The Bertz CT molecular complexity index is 849. The van der Waals surface area contributed by atoms with E-state index in [4.69, 9.17) is 4.42 Å². The van der Waals surface area contributed by atoms with E-state index in [1.165, 1.54) is 11.3 Å². The Morgan fingerprint density at radius 1 is 1.26 bits per heavy atom. The topological polar surface area (TPSA) is 62.5 Å². The number of aryl methyl sites for hydroxylation is 3. The van der Waals surface area contributed by atoms with Crippen molar-refractivity contribution >= 4 is 28.2 Å². The molecule has 5 heteroatoms. The molecule has 4 nitrogen and oxygen atoms in total. The van der Waals surface area contributed by atoms with Crippen LogP contribution < -0.4 is 5.32 Å². The highest BCUT2D eigenvalue weighted by Crippen LogP contribution is 2.30. The van der Waals surface area contributed by atoms with E-state index in [0.717, 1.165) is 33.2 Å². The first-order valence-electron chi connectivity index (χ1n) is 7.46. The number of hydrogen-bond donors (Lipinski definition) is 2. The highest BCUT2D eigenvalue weighted by molar-refractivity contribution is 7.07. The summed E-state index contributed by atoms with van der Waals surface area (Å²) < 4.78 is 5.80. The zero-order chi connectivity index (χ0) is 16.6. The standard InChI is InChI=1S/C18H19NO3S/c1-10-4-5-11(2)16-15(10)12(3)17(22-16)18(21)19-8-14(20)13-6-7-23-9-13/h4-7,9,14,20H,8H2,1-3H3,(H,19,21). The van der Waals surface area contributed by atoms with Crippen LogP contribution in [0.4, 0.5) is 0 Å². The molecule has 0 bridgehead atoms. The van der Waals surface area contributed by atoms with E-state index >= 15 is 0 Å². The number of aliphatic hydroxyl groups is 1. The van der Waals surface area contributed by atoms with Gasteiger partial charge >= 0.3 is 0 Å². The molecule has 0 aliphatic rings. The number of furan rings is 1. The van der Waals surface area contributed by atoms with Crippen LogP contribution in [0.3, 0.4) is 0 Å². The molecule has 1 atom stereocenters. The first kappa shape index (κ1) is 15.8. The molecule has 1 unspecified atom stereocenters. The van der Waals surface area contributed by atoms with Gasteiger partial charge in [-0.3, -0.25) is 4.79 Å². The van der Waals surface area contributed by atoms with Gasteiger partial charge in [-0.05, 0) is 54.3 Å². The van der Waals surface area contributed by atoms with E-state index in [9.17, 15) is 9.90 Å². The molecule has 0 fully saturated rings. The molecule has 0 spiro atoms. The maximum atomic E-state index is 12.4. The molecule has 0 aliphatic heterocycles. The summed E-state index contributed by atoms with van der Waals surface area (Å²) in [7, 11) is 0. The fourth-order valence-corrected chi connectivity index (χ4v) is 3.45. The number of rotatable bonds is 4.